The molecule has 0 radical (unpaired) electrons. The van der Waals surface area contributed by atoms with Crippen LogP contribution in [0.2, 0.25) is 0 Å². The molecule has 0 aromatic heterocycles. The number of amides is 1. The molecule has 0 bridgehead atoms. The fraction of sp³-hybridized carbons (Fsp3) is 0.917. The number of rotatable bonds is 1. The van der Waals surface area contributed by atoms with Crippen LogP contribution in [0, 0.1) is 0 Å². The number of alkyl carbamates (subject to hydrolysis) is 1. The zero-order valence-corrected chi connectivity index (χ0v) is 10.7. The summed E-state index contributed by atoms with van der Waals surface area (Å²) in [6.45, 7) is 7.25. The van der Waals surface area contributed by atoms with Crippen molar-refractivity contribution in [3.8, 4) is 0 Å². The van der Waals surface area contributed by atoms with Gasteiger partial charge in [-0.15, -0.1) is 0 Å². The fourth-order valence-electron chi connectivity index (χ4n) is 1.99. The van der Waals surface area contributed by atoms with E-state index in [4.69, 9.17) is 4.74 Å². The van der Waals surface area contributed by atoms with Gasteiger partial charge in [-0.3, -0.25) is 0 Å². The Labute approximate surface area is 97.4 Å². The van der Waals surface area contributed by atoms with Crippen molar-refractivity contribution in [1.29, 1.82) is 0 Å². The second-order valence-corrected chi connectivity index (χ2v) is 5.80. The molecular formula is C12H23NO3. The molecule has 0 unspecified atom stereocenters. The summed E-state index contributed by atoms with van der Waals surface area (Å²) in [4.78, 5) is 11.6. The van der Waals surface area contributed by atoms with Gasteiger partial charge in [0.25, 0.3) is 0 Å². The first-order valence-electron chi connectivity index (χ1n) is 5.93. The summed E-state index contributed by atoms with van der Waals surface area (Å²) < 4.78 is 5.17. The number of ether oxygens (including phenoxy) is 1. The fourth-order valence-corrected chi connectivity index (χ4v) is 1.99. The molecule has 0 heterocycles. The number of hydrogen-bond acceptors (Lipinski definition) is 3. The van der Waals surface area contributed by atoms with Crippen LogP contribution in [0.4, 0.5) is 4.79 Å². The van der Waals surface area contributed by atoms with Crippen LogP contribution in [0.3, 0.4) is 0 Å². The Morgan fingerprint density at radius 2 is 2.06 bits per heavy atom. The SMILES string of the molecule is CC(C)(C)OC(=O)N[C@@H]1CCCC[C@]1(C)O. The number of nitrogens with one attached hydrogen (secondary N) is 1. The molecule has 1 amide bonds. The first-order chi connectivity index (χ1) is 7.21. The van der Waals surface area contributed by atoms with Crippen molar-refractivity contribution in [2.75, 3.05) is 0 Å². The summed E-state index contributed by atoms with van der Waals surface area (Å²) in [5.41, 5.74) is -1.31. The second-order valence-electron chi connectivity index (χ2n) is 5.80. The summed E-state index contributed by atoms with van der Waals surface area (Å²) in [6.07, 6.45) is 3.15. The van der Waals surface area contributed by atoms with Crippen LogP contribution < -0.4 is 5.32 Å². The number of hydrogen-bond donors (Lipinski definition) is 2. The molecule has 1 aliphatic rings. The van der Waals surface area contributed by atoms with Gasteiger partial charge in [-0.25, -0.2) is 4.79 Å². The van der Waals surface area contributed by atoms with E-state index >= 15 is 0 Å². The lowest BCUT2D eigenvalue weighted by atomic mass is 9.82. The van der Waals surface area contributed by atoms with E-state index in [9.17, 15) is 9.90 Å². The first kappa shape index (κ1) is 13.3. The highest BCUT2D eigenvalue weighted by Gasteiger charge is 2.36. The molecule has 1 saturated carbocycles. The Hall–Kier alpha value is -0.770. The number of carbonyl (C=O) groups is 1. The molecule has 1 aliphatic carbocycles. The summed E-state index contributed by atoms with van der Waals surface area (Å²) in [7, 11) is 0. The Morgan fingerprint density at radius 1 is 1.44 bits per heavy atom. The number of carbonyl (C=O) groups excluding carboxylic acids is 1. The smallest absolute Gasteiger partial charge is 0.407 e. The third kappa shape index (κ3) is 4.00. The van der Waals surface area contributed by atoms with E-state index in [-0.39, 0.29) is 6.04 Å². The van der Waals surface area contributed by atoms with Gasteiger partial charge in [0.2, 0.25) is 0 Å². The highest BCUT2D eigenvalue weighted by Crippen LogP contribution is 2.28. The third-order valence-corrected chi connectivity index (χ3v) is 2.87. The molecule has 1 rings (SSSR count). The lowest BCUT2D eigenvalue weighted by molar-refractivity contribution is -0.0171. The molecule has 16 heavy (non-hydrogen) atoms. The van der Waals surface area contributed by atoms with Crippen LogP contribution in [0.25, 0.3) is 0 Å². The molecule has 0 aliphatic heterocycles. The Bertz CT molecular complexity index is 255. The lowest BCUT2D eigenvalue weighted by Gasteiger charge is -2.37. The standard InChI is InChI=1S/C12H23NO3/c1-11(2,3)16-10(14)13-9-7-5-6-8-12(9,4)15/h9,15H,5-8H2,1-4H3,(H,13,14)/t9-,12+/m1/s1. The van der Waals surface area contributed by atoms with Gasteiger partial charge in [0.05, 0.1) is 11.6 Å². The molecule has 0 saturated heterocycles. The Morgan fingerprint density at radius 3 is 2.56 bits per heavy atom. The maximum Gasteiger partial charge on any atom is 0.407 e. The normalized spacial score (nSPS) is 30.9. The predicted molar refractivity (Wildman–Crippen MR) is 62.2 cm³/mol. The van der Waals surface area contributed by atoms with Gasteiger partial charge in [0.15, 0.2) is 0 Å². The monoisotopic (exact) mass is 229 g/mol. The topological polar surface area (TPSA) is 58.6 Å². The van der Waals surface area contributed by atoms with Gasteiger partial charge in [-0.1, -0.05) is 12.8 Å². The van der Waals surface area contributed by atoms with Gasteiger partial charge in [-0.05, 0) is 40.5 Å². The molecule has 2 N–H and O–H groups in total. The van der Waals surface area contributed by atoms with Crippen molar-refractivity contribution in [3.63, 3.8) is 0 Å². The van der Waals surface area contributed by atoms with Crippen molar-refractivity contribution < 1.29 is 14.6 Å². The minimum atomic E-state index is -0.810. The van der Waals surface area contributed by atoms with Gasteiger partial charge < -0.3 is 15.2 Å². The van der Waals surface area contributed by atoms with Crippen LogP contribution in [0.15, 0.2) is 0 Å². The predicted octanol–water partition coefficient (Wildman–Crippen LogP) is 2.20. The van der Waals surface area contributed by atoms with Gasteiger partial charge >= 0.3 is 6.09 Å². The van der Waals surface area contributed by atoms with Gasteiger partial charge in [0.1, 0.15) is 5.60 Å². The van der Waals surface area contributed by atoms with Crippen LogP contribution in [-0.4, -0.2) is 28.4 Å². The van der Waals surface area contributed by atoms with E-state index in [1.807, 2.05) is 20.8 Å². The van der Waals surface area contributed by atoms with Gasteiger partial charge in [-0.2, -0.15) is 0 Å². The molecule has 4 heteroatoms. The zero-order chi connectivity index (χ0) is 12.4. The summed E-state index contributed by atoms with van der Waals surface area (Å²) in [5.74, 6) is 0. The van der Waals surface area contributed by atoms with E-state index in [0.29, 0.717) is 0 Å². The Balaban J connectivity index is 2.49. The van der Waals surface area contributed by atoms with Crippen LogP contribution in [0.1, 0.15) is 53.4 Å². The zero-order valence-electron chi connectivity index (χ0n) is 10.7. The highest BCUT2D eigenvalue weighted by atomic mass is 16.6. The van der Waals surface area contributed by atoms with E-state index < -0.39 is 17.3 Å². The van der Waals surface area contributed by atoms with E-state index in [1.54, 1.807) is 6.92 Å². The molecule has 0 aromatic carbocycles. The van der Waals surface area contributed by atoms with E-state index in [0.717, 1.165) is 25.7 Å². The van der Waals surface area contributed by atoms with Gasteiger partial charge in [0, 0.05) is 0 Å². The van der Waals surface area contributed by atoms with Crippen LogP contribution in [0.5, 0.6) is 0 Å². The average Bonchev–Trinajstić information content (AvgIpc) is 2.05. The van der Waals surface area contributed by atoms with Crippen LogP contribution >= 0.6 is 0 Å². The quantitative estimate of drug-likeness (QED) is 0.724. The maximum absolute atomic E-state index is 11.6. The molecule has 0 spiro atoms. The van der Waals surface area contributed by atoms with Crippen molar-refractivity contribution in [2.45, 2.75) is 70.6 Å². The lowest BCUT2D eigenvalue weighted by Crippen LogP contribution is -2.53. The first-order valence-corrected chi connectivity index (χ1v) is 5.93. The summed E-state index contributed by atoms with van der Waals surface area (Å²) in [6, 6.07) is -0.198. The molecule has 1 fully saturated rings. The molecule has 2 atom stereocenters. The summed E-state index contributed by atoms with van der Waals surface area (Å²) in [5, 5.41) is 12.9. The molecular weight excluding hydrogens is 206 g/mol. The van der Waals surface area contributed by atoms with Crippen LogP contribution in [-0.2, 0) is 4.74 Å². The number of aliphatic hydroxyl groups is 1. The van der Waals surface area contributed by atoms with Crippen molar-refractivity contribution >= 4 is 6.09 Å². The summed E-state index contributed by atoms with van der Waals surface area (Å²) >= 11 is 0. The van der Waals surface area contributed by atoms with Crippen molar-refractivity contribution in [1.82, 2.24) is 5.32 Å². The minimum Gasteiger partial charge on any atom is -0.444 e. The molecule has 4 nitrogen and oxygen atoms in total. The average molecular weight is 229 g/mol. The van der Waals surface area contributed by atoms with E-state index in [1.165, 1.54) is 0 Å². The molecule has 0 aromatic rings. The largest absolute Gasteiger partial charge is 0.444 e. The minimum absolute atomic E-state index is 0.198. The Kier molecular flexibility index (Phi) is 3.84. The van der Waals surface area contributed by atoms with Crippen molar-refractivity contribution in [2.24, 2.45) is 0 Å². The van der Waals surface area contributed by atoms with Crippen molar-refractivity contribution in [3.05, 3.63) is 0 Å². The maximum atomic E-state index is 11.6. The highest BCUT2D eigenvalue weighted by molar-refractivity contribution is 5.68. The second kappa shape index (κ2) is 4.62. The van der Waals surface area contributed by atoms with E-state index in [2.05, 4.69) is 5.32 Å². The molecule has 94 valence electrons. The third-order valence-electron chi connectivity index (χ3n) is 2.87.